The molecule has 1 heteroatoms. The summed E-state index contributed by atoms with van der Waals surface area (Å²) in [6, 6.07) is 8.28. The molecule has 0 fully saturated rings. The van der Waals surface area contributed by atoms with Crippen molar-refractivity contribution >= 4 is 0 Å². The summed E-state index contributed by atoms with van der Waals surface area (Å²) >= 11 is 0. The van der Waals surface area contributed by atoms with E-state index in [4.69, 9.17) is 4.74 Å². The molecule has 1 nitrogen and oxygen atoms in total. The van der Waals surface area contributed by atoms with Gasteiger partial charge in [-0.1, -0.05) is 24.3 Å². The van der Waals surface area contributed by atoms with Gasteiger partial charge in [0.2, 0.25) is 0 Å². The summed E-state index contributed by atoms with van der Waals surface area (Å²) in [5, 5.41) is 0. The molecule has 0 spiro atoms. The molecule has 68 valence electrons. The first-order chi connectivity index (χ1) is 6.40. The predicted molar refractivity (Wildman–Crippen MR) is 54.0 cm³/mol. The van der Waals surface area contributed by atoms with Crippen LogP contribution in [0.3, 0.4) is 0 Å². The van der Waals surface area contributed by atoms with E-state index in [1.165, 1.54) is 5.56 Å². The van der Waals surface area contributed by atoms with E-state index in [0.29, 0.717) is 0 Å². The molecule has 1 aliphatic rings. The molecule has 2 rings (SSSR count). The molecule has 0 saturated carbocycles. The van der Waals surface area contributed by atoms with Crippen LogP contribution >= 0.6 is 0 Å². The summed E-state index contributed by atoms with van der Waals surface area (Å²) < 4.78 is 5.79. The maximum Gasteiger partial charge on any atom is 0.123 e. The van der Waals surface area contributed by atoms with Crippen molar-refractivity contribution in [3.05, 3.63) is 42.0 Å². The molecule has 0 amide bonds. The van der Waals surface area contributed by atoms with E-state index in [-0.39, 0.29) is 6.10 Å². The van der Waals surface area contributed by atoms with E-state index < -0.39 is 0 Å². The number of fused-ring (bicyclic) bond motifs is 1. The van der Waals surface area contributed by atoms with Gasteiger partial charge in [-0.15, -0.1) is 0 Å². The highest BCUT2D eigenvalue weighted by Crippen LogP contribution is 2.27. The maximum atomic E-state index is 5.79. The number of allylic oxidation sites excluding steroid dienone is 1. The van der Waals surface area contributed by atoms with Crippen LogP contribution in [0.5, 0.6) is 5.75 Å². The van der Waals surface area contributed by atoms with Crippen molar-refractivity contribution < 1.29 is 4.74 Å². The minimum atomic E-state index is 0.278. The number of hydrogen-bond donors (Lipinski definition) is 0. The van der Waals surface area contributed by atoms with Crippen LogP contribution in [0.15, 0.2) is 36.4 Å². The third-order valence-electron chi connectivity index (χ3n) is 2.36. The Kier molecular flexibility index (Phi) is 2.35. The van der Waals surface area contributed by atoms with Gasteiger partial charge in [-0.3, -0.25) is 0 Å². The van der Waals surface area contributed by atoms with E-state index in [1.807, 2.05) is 19.1 Å². The van der Waals surface area contributed by atoms with Gasteiger partial charge in [0.25, 0.3) is 0 Å². The summed E-state index contributed by atoms with van der Waals surface area (Å²) in [5.41, 5.74) is 1.34. The lowest BCUT2D eigenvalue weighted by molar-refractivity contribution is 0.218. The van der Waals surface area contributed by atoms with Crippen LogP contribution in [0, 0.1) is 0 Å². The first kappa shape index (κ1) is 8.36. The van der Waals surface area contributed by atoms with Gasteiger partial charge in [0.15, 0.2) is 0 Å². The molecule has 1 aromatic carbocycles. The number of para-hydroxylation sites is 1. The van der Waals surface area contributed by atoms with E-state index in [1.54, 1.807) is 0 Å². The third-order valence-corrected chi connectivity index (χ3v) is 2.36. The number of aryl methyl sites for hydroxylation is 1. The van der Waals surface area contributed by atoms with E-state index in [9.17, 15) is 0 Å². The first-order valence-electron chi connectivity index (χ1n) is 4.77. The van der Waals surface area contributed by atoms with Crippen LogP contribution in [0.25, 0.3) is 0 Å². The molecular weight excluding hydrogens is 160 g/mol. The standard InChI is InChI=1S/C12H14O/c1-2-5-11-9-8-10-6-3-4-7-12(10)13-11/h2-7,11H,8-9H2,1H3. The molecule has 1 aliphatic heterocycles. The van der Waals surface area contributed by atoms with Gasteiger partial charge in [-0.25, -0.2) is 0 Å². The van der Waals surface area contributed by atoms with Crippen LogP contribution in [-0.2, 0) is 6.42 Å². The highest BCUT2D eigenvalue weighted by molar-refractivity contribution is 5.35. The topological polar surface area (TPSA) is 9.23 Å². The van der Waals surface area contributed by atoms with E-state index in [0.717, 1.165) is 18.6 Å². The van der Waals surface area contributed by atoms with Gasteiger partial charge in [0.05, 0.1) is 0 Å². The normalized spacial score (nSPS) is 21.2. The molecule has 0 bridgehead atoms. The van der Waals surface area contributed by atoms with Gasteiger partial charge in [0.1, 0.15) is 11.9 Å². The molecule has 0 aliphatic carbocycles. The SMILES string of the molecule is CC=CC1CCc2ccccc2O1. The Bertz CT molecular complexity index is 315. The van der Waals surface area contributed by atoms with Gasteiger partial charge in [-0.2, -0.15) is 0 Å². The largest absolute Gasteiger partial charge is 0.486 e. The fraction of sp³-hybridized carbons (Fsp3) is 0.333. The van der Waals surface area contributed by atoms with Crippen molar-refractivity contribution in [1.82, 2.24) is 0 Å². The molecule has 1 unspecified atom stereocenters. The highest BCUT2D eigenvalue weighted by Gasteiger charge is 2.15. The van der Waals surface area contributed by atoms with Crippen molar-refractivity contribution in [3.8, 4) is 5.75 Å². The first-order valence-corrected chi connectivity index (χ1v) is 4.77. The second-order valence-corrected chi connectivity index (χ2v) is 3.33. The second kappa shape index (κ2) is 3.65. The average molecular weight is 174 g/mol. The lowest BCUT2D eigenvalue weighted by Crippen LogP contribution is -2.19. The summed E-state index contributed by atoms with van der Waals surface area (Å²) in [6.07, 6.45) is 6.68. The summed E-state index contributed by atoms with van der Waals surface area (Å²) in [7, 11) is 0. The highest BCUT2D eigenvalue weighted by atomic mass is 16.5. The lowest BCUT2D eigenvalue weighted by atomic mass is 10.0. The quantitative estimate of drug-likeness (QED) is 0.595. The molecule has 0 saturated heterocycles. The number of ether oxygens (including phenoxy) is 1. The van der Waals surface area contributed by atoms with Crippen molar-refractivity contribution in [1.29, 1.82) is 0 Å². The summed E-state index contributed by atoms with van der Waals surface area (Å²) in [5.74, 6) is 1.05. The lowest BCUT2D eigenvalue weighted by Gasteiger charge is -2.23. The van der Waals surface area contributed by atoms with Crippen molar-refractivity contribution in [3.63, 3.8) is 0 Å². The molecule has 1 aromatic rings. The molecule has 0 aromatic heterocycles. The monoisotopic (exact) mass is 174 g/mol. The van der Waals surface area contributed by atoms with Gasteiger partial charge in [0, 0.05) is 0 Å². The zero-order valence-corrected chi connectivity index (χ0v) is 7.86. The number of benzene rings is 1. The average Bonchev–Trinajstić information content (AvgIpc) is 2.18. The molecule has 1 atom stereocenters. The zero-order chi connectivity index (χ0) is 9.10. The second-order valence-electron chi connectivity index (χ2n) is 3.33. The number of rotatable bonds is 1. The van der Waals surface area contributed by atoms with E-state index in [2.05, 4.69) is 24.3 Å². The number of hydrogen-bond acceptors (Lipinski definition) is 1. The molecule has 0 N–H and O–H groups in total. The van der Waals surface area contributed by atoms with Crippen LogP contribution in [0.1, 0.15) is 18.9 Å². The van der Waals surface area contributed by atoms with E-state index >= 15 is 0 Å². The fourth-order valence-electron chi connectivity index (χ4n) is 1.70. The van der Waals surface area contributed by atoms with Crippen LogP contribution in [-0.4, -0.2) is 6.10 Å². The molecule has 1 heterocycles. The third kappa shape index (κ3) is 1.74. The molecule has 13 heavy (non-hydrogen) atoms. The zero-order valence-electron chi connectivity index (χ0n) is 7.86. The van der Waals surface area contributed by atoms with Crippen molar-refractivity contribution in [2.24, 2.45) is 0 Å². The van der Waals surface area contributed by atoms with Crippen LogP contribution < -0.4 is 4.74 Å². The fourth-order valence-corrected chi connectivity index (χ4v) is 1.70. The Morgan fingerprint density at radius 1 is 1.38 bits per heavy atom. The minimum Gasteiger partial charge on any atom is -0.486 e. The Morgan fingerprint density at radius 3 is 3.08 bits per heavy atom. The van der Waals surface area contributed by atoms with Gasteiger partial charge < -0.3 is 4.74 Å². The molecular formula is C12H14O. The minimum absolute atomic E-state index is 0.278. The predicted octanol–water partition coefficient (Wildman–Crippen LogP) is 2.96. The Labute approximate surface area is 79.0 Å². The Balaban J connectivity index is 2.19. The van der Waals surface area contributed by atoms with Crippen molar-refractivity contribution in [2.75, 3.05) is 0 Å². The van der Waals surface area contributed by atoms with Crippen LogP contribution in [0.2, 0.25) is 0 Å². The van der Waals surface area contributed by atoms with Gasteiger partial charge >= 0.3 is 0 Å². The Morgan fingerprint density at radius 2 is 2.23 bits per heavy atom. The smallest absolute Gasteiger partial charge is 0.123 e. The summed E-state index contributed by atoms with van der Waals surface area (Å²) in [4.78, 5) is 0. The maximum absolute atomic E-state index is 5.79. The molecule has 0 radical (unpaired) electrons. The Hall–Kier alpha value is -1.24. The summed E-state index contributed by atoms with van der Waals surface area (Å²) in [6.45, 7) is 2.03. The van der Waals surface area contributed by atoms with Crippen LogP contribution in [0.4, 0.5) is 0 Å². The van der Waals surface area contributed by atoms with Gasteiger partial charge in [-0.05, 0) is 37.5 Å². The van der Waals surface area contributed by atoms with Crippen molar-refractivity contribution in [2.45, 2.75) is 25.9 Å².